The number of nitrogens with one attached hydrogen (secondary N) is 1. The highest BCUT2D eigenvalue weighted by atomic mass is 32.2. The predicted octanol–water partition coefficient (Wildman–Crippen LogP) is 0.578. The van der Waals surface area contributed by atoms with Crippen LogP contribution >= 0.6 is 0 Å². The van der Waals surface area contributed by atoms with E-state index in [0.29, 0.717) is 19.6 Å². The third-order valence-electron chi connectivity index (χ3n) is 3.86. The van der Waals surface area contributed by atoms with Crippen LogP contribution in [-0.4, -0.2) is 37.9 Å². The minimum Gasteiger partial charge on any atom is -0.324 e. The van der Waals surface area contributed by atoms with Crippen LogP contribution in [0.3, 0.4) is 0 Å². The zero-order valence-corrected chi connectivity index (χ0v) is 11.1. The van der Waals surface area contributed by atoms with Gasteiger partial charge in [-0.3, -0.25) is 0 Å². The third kappa shape index (κ3) is 3.40. The lowest BCUT2D eigenvalue weighted by atomic mass is 9.83. The van der Waals surface area contributed by atoms with Crippen molar-refractivity contribution in [3.63, 3.8) is 0 Å². The van der Waals surface area contributed by atoms with Crippen molar-refractivity contribution in [2.24, 2.45) is 5.73 Å². The lowest BCUT2D eigenvalue weighted by Crippen LogP contribution is -2.53. The smallest absolute Gasteiger partial charge is 0.279 e. The Morgan fingerprint density at radius 1 is 1.06 bits per heavy atom. The van der Waals surface area contributed by atoms with Crippen molar-refractivity contribution in [1.29, 1.82) is 0 Å². The van der Waals surface area contributed by atoms with Gasteiger partial charge in [-0.05, 0) is 25.7 Å². The Morgan fingerprint density at radius 2 is 1.65 bits per heavy atom. The van der Waals surface area contributed by atoms with Crippen LogP contribution in [-0.2, 0) is 10.2 Å². The summed E-state index contributed by atoms with van der Waals surface area (Å²) < 4.78 is 28.2. The highest BCUT2D eigenvalue weighted by Gasteiger charge is 2.31. The van der Waals surface area contributed by atoms with E-state index in [9.17, 15) is 8.42 Å². The lowest BCUT2D eigenvalue weighted by molar-refractivity contribution is 0.294. The molecule has 1 aliphatic carbocycles. The third-order valence-corrected chi connectivity index (χ3v) is 5.42. The molecule has 0 aromatic carbocycles. The molecule has 2 fully saturated rings. The Balaban J connectivity index is 1.88. The van der Waals surface area contributed by atoms with Crippen LogP contribution in [0.15, 0.2) is 0 Å². The number of hydrogen-bond donors (Lipinski definition) is 2. The summed E-state index contributed by atoms with van der Waals surface area (Å²) in [6.07, 6.45) is 7.23. The van der Waals surface area contributed by atoms with Crippen LogP contribution in [0.4, 0.5) is 0 Å². The summed E-state index contributed by atoms with van der Waals surface area (Å²) >= 11 is 0. The summed E-state index contributed by atoms with van der Waals surface area (Å²) in [5, 5.41) is 0. The molecule has 0 spiro atoms. The molecule has 2 rings (SSSR count). The Bertz CT molecular complexity index is 344. The first kappa shape index (κ1) is 13.3. The van der Waals surface area contributed by atoms with Crippen molar-refractivity contribution in [2.75, 3.05) is 19.6 Å². The second-order valence-electron chi connectivity index (χ2n) is 5.36. The van der Waals surface area contributed by atoms with Crippen LogP contribution in [0.5, 0.6) is 0 Å². The fourth-order valence-electron chi connectivity index (χ4n) is 2.69. The normalized spacial score (nSPS) is 26.2. The molecule has 17 heavy (non-hydrogen) atoms. The second-order valence-corrected chi connectivity index (χ2v) is 7.11. The highest BCUT2D eigenvalue weighted by molar-refractivity contribution is 7.87. The fraction of sp³-hybridized carbons (Fsp3) is 1.00. The Kier molecular flexibility index (Phi) is 4.07. The van der Waals surface area contributed by atoms with E-state index in [-0.39, 0.29) is 5.54 Å². The molecular weight excluding hydrogens is 238 g/mol. The van der Waals surface area contributed by atoms with Crippen LogP contribution in [0.25, 0.3) is 0 Å². The average Bonchev–Trinajstić information content (AvgIpc) is 2.82. The number of rotatable bonds is 4. The van der Waals surface area contributed by atoms with Crippen molar-refractivity contribution < 1.29 is 8.42 Å². The summed E-state index contributed by atoms with van der Waals surface area (Å²) in [5.74, 6) is 0. The molecule has 0 radical (unpaired) electrons. The van der Waals surface area contributed by atoms with E-state index in [2.05, 4.69) is 4.72 Å². The number of nitrogens with two attached hydrogens (primary N) is 1. The van der Waals surface area contributed by atoms with E-state index in [0.717, 1.165) is 38.5 Å². The molecule has 0 aromatic heterocycles. The SMILES string of the molecule is NC1(CNS(=O)(=O)N2CCCC2)CCCCC1. The molecule has 1 heterocycles. The van der Waals surface area contributed by atoms with Gasteiger partial charge in [-0.1, -0.05) is 19.3 Å². The molecule has 0 amide bonds. The van der Waals surface area contributed by atoms with Crippen LogP contribution in [0.1, 0.15) is 44.9 Å². The minimum absolute atomic E-state index is 0.328. The standard InChI is InChI=1S/C11H23N3O2S/c12-11(6-2-1-3-7-11)10-13-17(15,16)14-8-4-5-9-14/h13H,1-10,12H2. The van der Waals surface area contributed by atoms with Crippen molar-refractivity contribution in [3.8, 4) is 0 Å². The molecule has 0 aromatic rings. The van der Waals surface area contributed by atoms with Gasteiger partial charge in [0.2, 0.25) is 0 Å². The van der Waals surface area contributed by atoms with E-state index in [1.165, 1.54) is 10.7 Å². The molecule has 3 N–H and O–H groups in total. The largest absolute Gasteiger partial charge is 0.324 e. The zero-order chi connectivity index (χ0) is 12.4. The van der Waals surface area contributed by atoms with Gasteiger partial charge >= 0.3 is 0 Å². The topological polar surface area (TPSA) is 75.4 Å². The summed E-state index contributed by atoms with van der Waals surface area (Å²) in [5.41, 5.74) is 5.89. The quantitative estimate of drug-likeness (QED) is 0.777. The van der Waals surface area contributed by atoms with E-state index in [4.69, 9.17) is 5.73 Å². The molecule has 1 saturated heterocycles. The van der Waals surface area contributed by atoms with E-state index < -0.39 is 10.2 Å². The Labute approximate surface area is 104 Å². The first-order chi connectivity index (χ1) is 8.02. The molecule has 1 aliphatic heterocycles. The van der Waals surface area contributed by atoms with Crippen LogP contribution in [0.2, 0.25) is 0 Å². The Morgan fingerprint density at radius 3 is 2.24 bits per heavy atom. The minimum atomic E-state index is -3.29. The molecule has 100 valence electrons. The summed E-state index contributed by atoms with van der Waals surface area (Å²) in [7, 11) is -3.29. The summed E-state index contributed by atoms with van der Waals surface area (Å²) in [6.45, 7) is 1.67. The second kappa shape index (κ2) is 5.22. The van der Waals surface area contributed by atoms with Gasteiger partial charge in [0.25, 0.3) is 10.2 Å². The van der Waals surface area contributed by atoms with Crippen molar-refractivity contribution in [1.82, 2.24) is 9.03 Å². The highest BCUT2D eigenvalue weighted by Crippen LogP contribution is 2.25. The lowest BCUT2D eigenvalue weighted by Gasteiger charge is -2.33. The van der Waals surface area contributed by atoms with Gasteiger partial charge in [0.1, 0.15) is 0 Å². The molecule has 1 saturated carbocycles. The maximum absolute atomic E-state index is 12.0. The van der Waals surface area contributed by atoms with E-state index in [1.54, 1.807) is 0 Å². The van der Waals surface area contributed by atoms with Gasteiger partial charge in [0.15, 0.2) is 0 Å². The monoisotopic (exact) mass is 261 g/mol. The van der Waals surface area contributed by atoms with Gasteiger partial charge in [-0.25, -0.2) is 4.72 Å². The van der Waals surface area contributed by atoms with Gasteiger partial charge in [-0.15, -0.1) is 0 Å². The van der Waals surface area contributed by atoms with Gasteiger partial charge in [-0.2, -0.15) is 12.7 Å². The molecule has 2 aliphatic rings. The van der Waals surface area contributed by atoms with Crippen LogP contribution < -0.4 is 10.5 Å². The van der Waals surface area contributed by atoms with E-state index in [1.807, 2.05) is 0 Å². The van der Waals surface area contributed by atoms with Gasteiger partial charge < -0.3 is 5.73 Å². The fourth-order valence-corrected chi connectivity index (χ4v) is 4.08. The van der Waals surface area contributed by atoms with Gasteiger partial charge in [0, 0.05) is 25.2 Å². The first-order valence-electron chi connectivity index (χ1n) is 6.56. The maximum atomic E-state index is 12.0. The van der Waals surface area contributed by atoms with Gasteiger partial charge in [0.05, 0.1) is 0 Å². The number of nitrogens with zero attached hydrogens (tertiary/aromatic N) is 1. The first-order valence-corrected chi connectivity index (χ1v) is 8.00. The van der Waals surface area contributed by atoms with Crippen molar-refractivity contribution in [2.45, 2.75) is 50.5 Å². The van der Waals surface area contributed by atoms with Crippen LogP contribution in [0, 0.1) is 0 Å². The molecule has 0 bridgehead atoms. The molecular formula is C11H23N3O2S. The molecule has 0 atom stereocenters. The average molecular weight is 261 g/mol. The zero-order valence-electron chi connectivity index (χ0n) is 10.3. The summed E-state index contributed by atoms with van der Waals surface area (Å²) in [4.78, 5) is 0. The van der Waals surface area contributed by atoms with Crippen molar-refractivity contribution in [3.05, 3.63) is 0 Å². The Hall–Kier alpha value is -0.170. The maximum Gasteiger partial charge on any atom is 0.279 e. The predicted molar refractivity (Wildman–Crippen MR) is 67.7 cm³/mol. The number of hydrogen-bond acceptors (Lipinski definition) is 3. The summed E-state index contributed by atoms with van der Waals surface area (Å²) in [6, 6.07) is 0. The molecule has 5 nitrogen and oxygen atoms in total. The van der Waals surface area contributed by atoms with E-state index >= 15 is 0 Å². The van der Waals surface area contributed by atoms with Crippen molar-refractivity contribution >= 4 is 10.2 Å². The molecule has 0 unspecified atom stereocenters. The molecule has 6 heteroatoms.